The highest BCUT2D eigenvalue weighted by atomic mass is 16.2. The molecule has 0 N–H and O–H groups in total. The number of ketones is 3. The minimum atomic E-state index is -0.885. The van der Waals surface area contributed by atoms with Crippen molar-refractivity contribution in [1.29, 1.82) is 0 Å². The molecule has 192 valence electrons. The smallest absolute Gasteiger partial charge is 0.190 e. The molecule has 0 amide bonds. The molecule has 3 aliphatic rings. The van der Waals surface area contributed by atoms with E-state index in [4.69, 9.17) is 0 Å². The van der Waals surface area contributed by atoms with Crippen LogP contribution in [0.25, 0.3) is 0 Å². The molecule has 5 rings (SSSR count). The summed E-state index contributed by atoms with van der Waals surface area (Å²) in [6.45, 7) is 14.1. The molecular formula is C34H38O3. The number of rotatable bonds is 4. The van der Waals surface area contributed by atoms with Crippen LogP contribution in [0.5, 0.6) is 0 Å². The molecule has 0 spiro atoms. The highest BCUT2D eigenvalue weighted by Crippen LogP contribution is 2.66. The lowest BCUT2D eigenvalue weighted by molar-refractivity contribution is -0.134. The molecule has 0 fully saturated rings. The summed E-state index contributed by atoms with van der Waals surface area (Å²) < 4.78 is 0. The Bertz CT molecular complexity index is 1420. The van der Waals surface area contributed by atoms with Crippen LogP contribution in [0.4, 0.5) is 0 Å². The molecule has 0 aromatic heterocycles. The van der Waals surface area contributed by atoms with Crippen LogP contribution in [-0.4, -0.2) is 17.3 Å². The fraction of sp³-hybridized carbons (Fsp3) is 0.441. The van der Waals surface area contributed by atoms with Gasteiger partial charge < -0.3 is 0 Å². The Morgan fingerprint density at radius 1 is 0.865 bits per heavy atom. The molecule has 3 heteroatoms. The first-order chi connectivity index (χ1) is 17.3. The van der Waals surface area contributed by atoms with Crippen molar-refractivity contribution in [2.75, 3.05) is 0 Å². The zero-order valence-electron chi connectivity index (χ0n) is 23.3. The predicted molar refractivity (Wildman–Crippen MR) is 148 cm³/mol. The summed E-state index contributed by atoms with van der Waals surface area (Å²) in [6.07, 6.45) is 3.74. The summed E-state index contributed by atoms with van der Waals surface area (Å²) in [5.74, 6) is -0.181. The van der Waals surface area contributed by atoms with Gasteiger partial charge in [0.1, 0.15) is 0 Å². The number of Topliss-reactive ketones (excluding diaryl/α,β-unsaturated/α-hetero) is 3. The molecule has 0 saturated carbocycles. The quantitative estimate of drug-likeness (QED) is 0.420. The van der Waals surface area contributed by atoms with E-state index in [1.54, 1.807) is 0 Å². The number of carbonyl (C=O) groups is 3. The highest BCUT2D eigenvalue weighted by Gasteiger charge is 2.63. The first kappa shape index (κ1) is 25.6. The Balaban J connectivity index is 1.66. The van der Waals surface area contributed by atoms with Gasteiger partial charge in [-0.15, -0.1) is 0 Å². The van der Waals surface area contributed by atoms with E-state index < -0.39 is 5.41 Å². The van der Waals surface area contributed by atoms with Gasteiger partial charge in [-0.1, -0.05) is 67.5 Å². The van der Waals surface area contributed by atoms with Crippen LogP contribution >= 0.6 is 0 Å². The zero-order valence-corrected chi connectivity index (χ0v) is 23.3. The van der Waals surface area contributed by atoms with Gasteiger partial charge in [0.25, 0.3) is 0 Å². The van der Waals surface area contributed by atoms with Crippen molar-refractivity contribution in [3.63, 3.8) is 0 Å². The first-order valence-electron chi connectivity index (χ1n) is 13.5. The van der Waals surface area contributed by atoms with E-state index in [0.717, 1.165) is 58.2 Å². The monoisotopic (exact) mass is 494 g/mol. The third-order valence-electron chi connectivity index (χ3n) is 10.0. The van der Waals surface area contributed by atoms with E-state index in [9.17, 15) is 14.4 Å². The SMILES string of the molecule is CC(=O)C1=C(CCc2ccccc2)CC2(C)CC3(C)Cc4c(C)ccc(C)c4C(=O)C3=C(C)C2(C)C1=O. The van der Waals surface area contributed by atoms with Gasteiger partial charge in [-0.2, -0.15) is 0 Å². The van der Waals surface area contributed by atoms with E-state index in [0.29, 0.717) is 18.4 Å². The van der Waals surface area contributed by atoms with Gasteiger partial charge in [0, 0.05) is 16.6 Å². The summed E-state index contributed by atoms with van der Waals surface area (Å²) in [7, 11) is 0. The van der Waals surface area contributed by atoms with Crippen LogP contribution in [0.15, 0.2) is 64.8 Å². The number of hydrogen-bond donors (Lipinski definition) is 0. The van der Waals surface area contributed by atoms with Crippen molar-refractivity contribution in [3.05, 3.63) is 92.6 Å². The number of hydrogen-bond acceptors (Lipinski definition) is 3. The molecule has 3 nitrogen and oxygen atoms in total. The highest BCUT2D eigenvalue weighted by molar-refractivity contribution is 6.24. The molecule has 0 radical (unpaired) electrons. The van der Waals surface area contributed by atoms with Gasteiger partial charge in [-0.25, -0.2) is 0 Å². The average molecular weight is 495 g/mol. The van der Waals surface area contributed by atoms with Crippen LogP contribution < -0.4 is 0 Å². The molecule has 3 aliphatic carbocycles. The molecule has 0 aliphatic heterocycles. The van der Waals surface area contributed by atoms with Crippen molar-refractivity contribution >= 4 is 17.3 Å². The lowest BCUT2D eigenvalue weighted by Crippen LogP contribution is -2.57. The predicted octanol–water partition coefficient (Wildman–Crippen LogP) is 7.27. The molecule has 2 aromatic carbocycles. The summed E-state index contributed by atoms with van der Waals surface area (Å²) in [5.41, 5.74) is 6.74. The van der Waals surface area contributed by atoms with E-state index >= 15 is 0 Å². The lowest BCUT2D eigenvalue weighted by Gasteiger charge is -2.59. The van der Waals surface area contributed by atoms with Crippen molar-refractivity contribution in [2.24, 2.45) is 16.2 Å². The molecule has 3 atom stereocenters. The Kier molecular flexibility index (Phi) is 5.86. The molecular weight excluding hydrogens is 456 g/mol. The van der Waals surface area contributed by atoms with E-state index in [-0.39, 0.29) is 28.2 Å². The fourth-order valence-electron chi connectivity index (χ4n) is 8.02. The van der Waals surface area contributed by atoms with Gasteiger partial charge in [0.05, 0.1) is 11.0 Å². The van der Waals surface area contributed by atoms with E-state index in [1.165, 1.54) is 12.5 Å². The molecule has 2 aromatic rings. The largest absolute Gasteiger partial charge is 0.294 e. The van der Waals surface area contributed by atoms with E-state index in [2.05, 4.69) is 39.0 Å². The molecule has 37 heavy (non-hydrogen) atoms. The van der Waals surface area contributed by atoms with Crippen molar-refractivity contribution in [1.82, 2.24) is 0 Å². The maximum atomic E-state index is 14.4. The molecule has 0 saturated heterocycles. The second kappa shape index (κ2) is 8.48. The third kappa shape index (κ3) is 3.57. The molecule has 0 heterocycles. The molecule has 3 unspecified atom stereocenters. The average Bonchev–Trinajstić information content (AvgIpc) is 2.82. The summed E-state index contributed by atoms with van der Waals surface area (Å²) >= 11 is 0. The minimum Gasteiger partial charge on any atom is -0.294 e. The van der Waals surface area contributed by atoms with Crippen molar-refractivity contribution in [3.8, 4) is 0 Å². The Morgan fingerprint density at radius 3 is 2.16 bits per heavy atom. The molecule has 0 bridgehead atoms. The van der Waals surface area contributed by atoms with Gasteiger partial charge in [-0.05, 0) is 94.4 Å². The second-order valence-electron chi connectivity index (χ2n) is 12.5. The Hall–Kier alpha value is -3.07. The number of fused-ring (bicyclic) bond motifs is 3. The number of benzene rings is 2. The minimum absolute atomic E-state index is 0.0711. The van der Waals surface area contributed by atoms with Crippen LogP contribution in [0.3, 0.4) is 0 Å². The fourth-order valence-corrected chi connectivity index (χ4v) is 8.02. The summed E-state index contributed by atoms with van der Waals surface area (Å²) in [4.78, 5) is 41.5. The maximum Gasteiger partial charge on any atom is 0.190 e. The van der Waals surface area contributed by atoms with Crippen molar-refractivity contribution < 1.29 is 14.4 Å². The Labute approximate surface area is 221 Å². The van der Waals surface area contributed by atoms with Gasteiger partial charge >= 0.3 is 0 Å². The Morgan fingerprint density at radius 2 is 1.51 bits per heavy atom. The van der Waals surface area contributed by atoms with Crippen LogP contribution in [-0.2, 0) is 22.4 Å². The number of allylic oxidation sites excluding steroid dienone is 4. The number of aryl methyl sites for hydroxylation is 3. The number of carbonyl (C=O) groups excluding carboxylic acids is 3. The van der Waals surface area contributed by atoms with Crippen LogP contribution in [0.1, 0.15) is 86.5 Å². The van der Waals surface area contributed by atoms with Gasteiger partial charge in [-0.3, -0.25) is 14.4 Å². The summed E-state index contributed by atoms with van der Waals surface area (Å²) in [5, 5.41) is 0. The third-order valence-corrected chi connectivity index (χ3v) is 10.0. The maximum absolute atomic E-state index is 14.4. The zero-order chi connectivity index (χ0) is 26.9. The van der Waals surface area contributed by atoms with Gasteiger partial charge in [0.2, 0.25) is 0 Å². The van der Waals surface area contributed by atoms with Crippen molar-refractivity contribution in [2.45, 2.75) is 80.6 Å². The van der Waals surface area contributed by atoms with Crippen LogP contribution in [0, 0.1) is 30.1 Å². The lowest BCUT2D eigenvalue weighted by atomic mass is 9.42. The van der Waals surface area contributed by atoms with Gasteiger partial charge in [0.15, 0.2) is 17.3 Å². The normalized spacial score (nSPS) is 29.2. The second-order valence-corrected chi connectivity index (χ2v) is 12.5. The standard InChI is InChI=1S/C34H38O3/c1-20-13-14-21(2)27-26(20)18-32(5)19-33(6)17-25(16-15-24-11-9-8-10-12-24)28(23(4)35)31(37)34(33,7)22(3)29(32)30(27)36/h8-14H,15-19H2,1-7H3. The topological polar surface area (TPSA) is 51.2 Å². The first-order valence-corrected chi connectivity index (χ1v) is 13.5. The summed E-state index contributed by atoms with van der Waals surface area (Å²) in [6, 6.07) is 14.4. The van der Waals surface area contributed by atoms with Crippen LogP contribution in [0.2, 0.25) is 0 Å². The van der Waals surface area contributed by atoms with E-state index in [1.807, 2.05) is 45.0 Å².